The molecule has 1 rings (SSSR count). The van der Waals surface area contributed by atoms with Gasteiger partial charge < -0.3 is 5.32 Å². The van der Waals surface area contributed by atoms with Crippen molar-refractivity contribution < 1.29 is 4.79 Å². The molecule has 0 fully saturated rings. The third-order valence-electron chi connectivity index (χ3n) is 3.77. The molecule has 0 atom stereocenters. The van der Waals surface area contributed by atoms with Crippen LogP contribution in [0.2, 0.25) is 0 Å². The number of rotatable bonds is 9. The van der Waals surface area contributed by atoms with Gasteiger partial charge in [0.25, 0.3) is 0 Å². The minimum absolute atomic E-state index is 0.136. The second-order valence-electron chi connectivity index (χ2n) is 5.83. The monoisotopic (exact) mass is 353 g/mol. The van der Waals surface area contributed by atoms with Gasteiger partial charge in [0.1, 0.15) is 0 Å². The zero-order chi connectivity index (χ0) is 15.7. The van der Waals surface area contributed by atoms with E-state index in [4.69, 9.17) is 0 Å². The Morgan fingerprint density at radius 3 is 2.10 bits per heavy atom. The van der Waals surface area contributed by atoms with Crippen molar-refractivity contribution in [3.05, 3.63) is 27.7 Å². The van der Waals surface area contributed by atoms with Gasteiger partial charge in [-0.2, -0.15) is 0 Å². The summed E-state index contributed by atoms with van der Waals surface area (Å²) in [5.41, 5.74) is 3.18. The van der Waals surface area contributed by atoms with E-state index in [1.165, 1.54) is 32.1 Å². The molecule has 0 unspecified atom stereocenters. The molecule has 0 saturated carbocycles. The summed E-state index contributed by atoms with van der Waals surface area (Å²) >= 11 is 3.48. The maximum Gasteiger partial charge on any atom is 0.224 e. The highest BCUT2D eigenvalue weighted by Crippen LogP contribution is 2.25. The zero-order valence-electron chi connectivity index (χ0n) is 13.6. The molecule has 0 radical (unpaired) electrons. The van der Waals surface area contributed by atoms with E-state index in [-0.39, 0.29) is 5.91 Å². The molecule has 1 N–H and O–H groups in total. The topological polar surface area (TPSA) is 29.1 Å². The molecule has 118 valence electrons. The lowest BCUT2D eigenvalue weighted by Gasteiger charge is -2.12. The molecule has 0 saturated heterocycles. The van der Waals surface area contributed by atoms with Crippen LogP contribution in [0.15, 0.2) is 16.6 Å². The van der Waals surface area contributed by atoms with Gasteiger partial charge in [0, 0.05) is 16.6 Å². The van der Waals surface area contributed by atoms with E-state index in [1.807, 2.05) is 26.0 Å². The van der Waals surface area contributed by atoms with Crippen LogP contribution in [0.4, 0.5) is 5.69 Å². The third kappa shape index (κ3) is 7.12. The maximum absolute atomic E-state index is 12.0. The smallest absolute Gasteiger partial charge is 0.224 e. The van der Waals surface area contributed by atoms with Crippen LogP contribution in [0.1, 0.15) is 69.4 Å². The maximum atomic E-state index is 12.0. The van der Waals surface area contributed by atoms with E-state index >= 15 is 0 Å². The highest BCUT2D eigenvalue weighted by molar-refractivity contribution is 9.10. The van der Waals surface area contributed by atoms with E-state index in [1.54, 1.807) is 0 Å². The second kappa shape index (κ2) is 9.99. The Kier molecular flexibility index (Phi) is 8.67. The van der Waals surface area contributed by atoms with Crippen molar-refractivity contribution in [3.63, 3.8) is 0 Å². The van der Waals surface area contributed by atoms with Crippen molar-refractivity contribution >= 4 is 27.5 Å². The van der Waals surface area contributed by atoms with Crippen LogP contribution in [-0.2, 0) is 4.79 Å². The molecule has 1 aromatic carbocycles. The van der Waals surface area contributed by atoms with Gasteiger partial charge in [0.15, 0.2) is 0 Å². The summed E-state index contributed by atoms with van der Waals surface area (Å²) in [6.45, 7) is 6.29. The van der Waals surface area contributed by atoms with E-state index in [2.05, 4.69) is 28.2 Å². The van der Waals surface area contributed by atoms with Crippen LogP contribution < -0.4 is 5.32 Å². The lowest BCUT2D eigenvalue weighted by molar-refractivity contribution is -0.116. The fourth-order valence-corrected chi connectivity index (χ4v) is 3.24. The van der Waals surface area contributed by atoms with Gasteiger partial charge in [0.05, 0.1) is 0 Å². The number of carbonyl (C=O) groups is 1. The van der Waals surface area contributed by atoms with Crippen molar-refractivity contribution in [2.24, 2.45) is 0 Å². The molecule has 21 heavy (non-hydrogen) atoms. The molecule has 1 amide bonds. The van der Waals surface area contributed by atoms with Crippen molar-refractivity contribution in [3.8, 4) is 0 Å². The molecule has 3 heteroatoms. The van der Waals surface area contributed by atoms with Crippen LogP contribution in [-0.4, -0.2) is 5.91 Å². The zero-order valence-corrected chi connectivity index (χ0v) is 15.2. The molecule has 0 aromatic heterocycles. The molecule has 0 aliphatic carbocycles. The SMILES string of the molecule is CCCCCCCCCC(=O)Nc1c(C)cc(Br)cc1C. The van der Waals surface area contributed by atoms with Gasteiger partial charge in [0.2, 0.25) is 5.91 Å². The fraction of sp³-hybridized carbons (Fsp3) is 0.611. The quantitative estimate of drug-likeness (QED) is 0.530. The molecule has 0 bridgehead atoms. The van der Waals surface area contributed by atoms with E-state index in [9.17, 15) is 4.79 Å². The number of aryl methyl sites for hydroxylation is 2. The Morgan fingerprint density at radius 1 is 1.00 bits per heavy atom. The number of carbonyl (C=O) groups excluding carboxylic acids is 1. The first-order valence-electron chi connectivity index (χ1n) is 8.11. The van der Waals surface area contributed by atoms with Gasteiger partial charge in [-0.05, 0) is 43.5 Å². The molecule has 1 aromatic rings. The Hall–Kier alpha value is -0.830. The number of amides is 1. The Labute approximate surface area is 137 Å². The van der Waals surface area contributed by atoms with Crippen LogP contribution in [0.25, 0.3) is 0 Å². The summed E-state index contributed by atoms with van der Waals surface area (Å²) in [5, 5.41) is 3.06. The van der Waals surface area contributed by atoms with Gasteiger partial charge in [-0.25, -0.2) is 0 Å². The Morgan fingerprint density at radius 2 is 1.52 bits per heavy atom. The third-order valence-corrected chi connectivity index (χ3v) is 4.23. The molecule has 0 spiro atoms. The standard InChI is InChI=1S/C18H28BrNO/c1-4-5-6-7-8-9-10-11-17(21)20-18-14(2)12-16(19)13-15(18)3/h12-13H,4-11H2,1-3H3,(H,20,21). The summed E-state index contributed by atoms with van der Waals surface area (Å²) in [6.07, 6.45) is 9.30. The average Bonchev–Trinajstić information content (AvgIpc) is 2.42. The summed E-state index contributed by atoms with van der Waals surface area (Å²) in [7, 11) is 0. The molecular weight excluding hydrogens is 326 g/mol. The van der Waals surface area contributed by atoms with Crippen LogP contribution >= 0.6 is 15.9 Å². The van der Waals surface area contributed by atoms with E-state index in [0.717, 1.165) is 34.1 Å². The van der Waals surface area contributed by atoms with Crippen molar-refractivity contribution in [1.29, 1.82) is 0 Å². The lowest BCUT2D eigenvalue weighted by Crippen LogP contribution is -2.13. The lowest BCUT2D eigenvalue weighted by atomic mass is 10.1. The van der Waals surface area contributed by atoms with Gasteiger partial charge in [-0.1, -0.05) is 61.4 Å². The van der Waals surface area contributed by atoms with Gasteiger partial charge in [-0.15, -0.1) is 0 Å². The molecule has 2 nitrogen and oxygen atoms in total. The largest absolute Gasteiger partial charge is 0.326 e. The second-order valence-corrected chi connectivity index (χ2v) is 6.75. The summed E-state index contributed by atoms with van der Waals surface area (Å²) in [5.74, 6) is 0.136. The molecule has 0 aliphatic heterocycles. The first kappa shape index (κ1) is 18.2. The van der Waals surface area contributed by atoms with E-state index < -0.39 is 0 Å². The summed E-state index contributed by atoms with van der Waals surface area (Å²) in [6, 6.07) is 4.08. The minimum atomic E-state index is 0.136. The van der Waals surface area contributed by atoms with Crippen molar-refractivity contribution in [2.75, 3.05) is 5.32 Å². The molecule has 0 aliphatic rings. The highest BCUT2D eigenvalue weighted by atomic mass is 79.9. The minimum Gasteiger partial charge on any atom is -0.326 e. The number of anilines is 1. The van der Waals surface area contributed by atoms with Crippen LogP contribution in [0.5, 0.6) is 0 Å². The Balaban J connectivity index is 2.28. The number of hydrogen-bond donors (Lipinski definition) is 1. The van der Waals surface area contributed by atoms with Crippen molar-refractivity contribution in [1.82, 2.24) is 0 Å². The van der Waals surface area contributed by atoms with Crippen LogP contribution in [0, 0.1) is 13.8 Å². The number of unbranched alkanes of at least 4 members (excludes halogenated alkanes) is 6. The molecular formula is C18H28BrNO. The predicted octanol–water partition coefficient (Wildman–Crippen LogP) is 6.15. The first-order chi connectivity index (χ1) is 10.0. The summed E-state index contributed by atoms with van der Waals surface area (Å²) in [4.78, 5) is 12.0. The summed E-state index contributed by atoms with van der Waals surface area (Å²) < 4.78 is 1.06. The van der Waals surface area contributed by atoms with Gasteiger partial charge >= 0.3 is 0 Å². The average molecular weight is 354 g/mol. The number of benzene rings is 1. The van der Waals surface area contributed by atoms with Crippen molar-refractivity contribution in [2.45, 2.75) is 72.1 Å². The first-order valence-corrected chi connectivity index (χ1v) is 8.90. The normalized spacial score (nSPS) is 10.7. The Bertz CT molecular complexity index is 434. The number of halogens is 1. The van der Waals surface area contributed by atoms with Gasteiger partial charge in [-0.3, -0.25) is 4.79 Å². The fourth-order valence-electron chi connectivity index (χ4n) is 2.55. The number of nitrogens with one attached hydrogen (secondary N) is 1. The van der Waals surface area contributed by atoms with E-state index in [0.29, 0.717) is 6.42 Å². The predicted molar refractivity (Wildman–Crippen MR) is 94.9 cm³/mol. The number of hydrogen-bond acceptors (Lipinski definition) is 1. The highest BCUT2D eigenvalue weighted by Gasteiger charge is 2.08. The molecule has 0 heterocycles. The van der Waals surface area contributed by atoms with Crippen LogP contribution in [0.3, 0.4) is 0 Å².